The molecule has 2 N–H and O–H groups in total. The number of ether oxygens (including phenoxy) is 3. The van der Waals surface area contributed by atoms with E-state index < -0.39 is 24.0 Å². The van der Waals surface area contributed by atoms with E-state index in [9.17, 15) is 15.0 Å². The van der Waals surface area contributed by atoms with E-state index in [0.29, 0.717) is 5.56 Å². The molecule has 0 bridgehead atoms. The van der Waals surface area contributed by atoms with Gasteiger partial charge in [-0.15, -0.1) is 0 Å². The van der Waals surface area contributed by atoms with Gasteiger partial charge in [-0.05, 0) is 57.7 Å². The Morgan fingerprint density at radius 1 is 1.00 bits per heavy atom. The monoisotopic (exact) mass is 467 g/mol. The summed E-state index contributed by atoms with van der Waals surface area (Å²) < 4.78 is 16.7. The van der Waals surface area contributed by atoms with Gasteiger partial charge >= 0.3 is 5.97 Å². The van der Waals surface area contributed by atoms with Crippen LogP contribution in [0.25, 0.3) is 0 Å². The Bertz CT molecular complexity index is 657. The van der Waals surface area contributed by atoms with Crippen molar-refractivity contribution in [3.8, 4) is 0 Å². The number of esters is 1. The molecule has 1 aromatic rings. The number of carbonyl (C=O) groups excluding carboxylic acids is 1. The van der Waals surface area contributed by atoms with Crippen LogP contribution in [0.5, 0.6) is 0 Å². The van der Waals surface area contributed by atoms with Crippen LogP contribution in [0.3, 0.4) is 0 Å². The molecule has 0 amide bonds. The first-order chi connectivity index (χ1) is 15.8. The fourth-order valence-electron chi connectivity index (χ4n) is 3.86. The normalized spacial score (nSPS) is 15.2. The van der Waals surface area contributed by atoms with Gasteiger partial charge in [0.1, 0.15) is 6.10 Å². The Kier molecular flexibility index (Phi) is 13.6. The van der Waals surface area contributed by atoms with Gasteiger partial charge in [0, 0.05) is 32.0 Å². The third kappa shape index (κ3) is 7.95. The van der Waals surface area contributed by atoms with Gasteiger partial charge < -0.3 is 29.3 Å². The number of anilines is 1. The summed E-state index contributed by atoms with van der Waals surface area (Å²) in [5.41, 5.74) is -1.03. The highest BCUT2D eigenvalue weighted by Crippen LogP contribution is 2.34. The van der Waals surface area contributed by atoms with E-state index in [1.54, 1.807) is 26.0 Å². The van der Waals surface area contributed by atoms with E-state index in [4.69, 9.17) is 14.2 Å². The van der Waals surface area contributed by atoms with Crippen LogP contribution >= 0.6 is 0 Å². The molecule has 0 aliphatic heterocycles. The predicted molar refractivity (Wildman–Crippen MR) is 131 cm³/mol. The van der Waals surface area contributed by atoms with Crippen LogP contribution in [0.15, 0.2) is 24.3 Å². The lowest BCUT2D eigenvalue weighted by Crippen LogP contribution is -2.57. The van der Waals surface area contributed by atoms with Gasteiger partial charge in [0.05, 0.1) is 6.61 Å². The Balaban J connectivity index is 3.22. The number of hydrogen-bond donors (Lipinski definition) is 2. The van der Waals surface area contributed by atoms with Crippen molar-refractivity contribution in [3.63, 3.8) is 0 Å². The maximum atomic E-state index is 13.2. The number of unbranched alkanes of at least 4 members (excludes halogenated alkanes) is 1. The lowest BCUT2D eigenvalue weighted by atomic mass is 9.89. The molecule has 0 aromatic heterocycles. The number of aliphatic hydroxyl groups excluding tert-OH is 1. The Hall–Kier alpha value is -1.67. The van der Waals surface area contributed by atoms with E-state index in [2.05, 4.69) is 32.6 Å². The summed E-state index contributed by atoms with van der Waals surface area (Å²) in [6.07, 6.45) is 0.952. The molecule has 190 valence electrons. The average molecular weight is 468 g/mol. The van der Waals surface area contributed by atoms with Crippen LogP contribution in [0.1, 0.15) is 78.9 Å². The van der Waals surface area contributed by atoms with Gasteiger partial charge in [-0.1, -0.05) is 45.2 Å². The van der Waals surface area contributed by atoms with Crippen LogP contribution < -0.4 is 4.90 Å². The average Bonchev–Trinajstić information content (AvgIpc) is 2.84. The summed E-state index contributed by atoms with van der Waals surface area (Å²) >= 11 is 0. The number of benzene rings is 1. The van der Waals surface area contributed by atoms with Crippen molar-refractivity contribution in [2.75, 3.05) is 37.8 Å². The molecular weight excluding hydrogens is 422 g/mol. The molecule has 0 heterocycles. The van der Waals surface area contributed by atoms with Gasteiger partial charge in [-0.2, -0.15) is 0 Å². The van der Waals surface area contributed by atoms with Crippen molar-refractivity contribution in [1.82, 2.24) is 0 Å². The number of hydrogen-bond acceptors (Lipinski definition) is 7. The number of aliphatic hydroxyl groups is 2. The zero-order valence-corrected chi connectivity index (χ0v) is 21.4. The summed E-state index contributed by atoms with van der Waals surface area (Å²) in [6, 6.07) is 7.15. The molecule has 33 heavy (non-hydrogen) atoms. The second-order valence-electron chi connectivity index (χ2n) is 8.25. The Morgan fingerprint density at radius 3 is 2.03 bits per heavy atom. The maximum Gasteiger partial charge on any atom is 0.346 e. The van der Waals surface area contributed by atoms with Crippen molar-refractivity contribution >= 4 is 11.7 Å². The largest absolute Gasteiger partial charge is 0.463 e. The van der Waals surface area contributed by atoms with Crippen molar-refractivity contribution in [2.45, 2.75) is 85.2 Å². The molecule has 7 nitrogen and oxygen atoms in total. The number of rotatable bonds is 17. The minimum absolute atomic E-state index is 0.177. The number of carbonyl (C=O) groups is 1. The highest BCUT2D eigenvalue weighted by Gasteiger charge is 2.54. The van der Waals surface area contributed by atoms with Crippen molar-refractivity contribution < 1.29 is 29.2 Å². The molecular formula is C26H45NO6. The zero-order chi connectivity index (χ0) is 24.9. The van der Waals surface area contributed by atoms with E-state index in [1.165, 1.54) is 0 Å². The van der Waals surface area contributed by atoms with Crippen LogP contribution in [-0.2, 0) is 19.0 Å². The quantitative estimate of drug-likeness (QED) is 0.258. The second-order valence-corrected chi connectivity index (χ2v) is 8.25. The van der Waals surface area contributed by atoms with E-state index in [0.717, 1.165) is 44.5 Å². The zero-order valence-electron chi connectivity index (χ0n) is 21.4. The highest BCUT2D eigenvalue weighted by atomic mass is 16.7. The van der Waals surface area contributed by atoms with Crippen molar-refractivity contribution in [3.05, 3.63) is 29.8 Å². The molecule has 0 saturated carbocycles. The first-order valence-corrected chi connectivity index (χ1v) is 12.5. The van der Waals surface area contributed by atoms with Crippen LogP contribution in [0.4, 0.5) is 5.69 Å². The SMILES string of the molecule is CCCCC(CC)COC(=O)C(O)(C(OCC)OCC)C(O)c1ccc(N(CC)CC)cc1. The molecule has 1 rings (SSSR count). The lowest BCUT2D eigenvalue weighted by molar-refractivity contribution is -0.267. The first-order valence-electron chi connectivity index (χ1n) is 12.5. The summed E-state index contributed by atoms with van der Waals surface area (Å²) in [5.74, 6) is -0.744. The summed E-state index contributed by atoms with van der Waals surface area (Å²) in [6.45, 7) is 14.1. The van der Waals surface area contributed by atoms with Gasteiger partial charge in [0.25, 0.3) is 0 Å². The van der Waals surface area contributed by atoms with Gasteiger partial charge in [-0.25, -0.2) is 4.79 Å². The smallest absolute Gasteiger partial charge is 0.346 e. The molecule has 0 aliphatic carbocycles. The lowest BCUT2D eigenvalue weighted by Gasteiger charge is -2.37. The van der Waals surface area contributed by atoms with Crippen molar-refractivity contribution in [1.29, 1.82) is 0 Å². The fourth-order valence-corrected chi connectivity index (χ4v) is 3.86. The highest BCUT2D eigenvalue weighted by molar-refractivity contribution is 5.81. The minimum atomic E-state index is -2.41. The third-order valence-corrected chi connectivity index (χ3v) is 6.07. The summed E-state index contributed by atoms with van der Waals surface area (Å²) in [4.78, 5) is 15.4. The van der Waals surface area contributed by atoms with E-state index in [-0.39, 0.29) is 25.7 Å². The topological polar surface area (TPSA) is 88.5 Å². The maximum absolute atomic E-state index is 13.2. The van der Waals surface area contributed by atoms with Crippen LogP contribution in [0.2, 0.25) is 0 Å². The Labute approximate surface area is 200 Å². The molecule has 0 fully saturated rings. The molecule has 0 saturated heterocycles. The van der Waals surface area contributed by atoms with Gasteiger partial charge in [0.15, 0.2) is 6.29 Å². The van der Waals surface area contributed by atoms with E-state index >= 15 is 0 Å². The predicted octanol–water partition coefficient (Wildman–Crippen LogP) is 4.46. The molecule has 0 aliphatic rings. The molecule has 0 radical (unpaired) electrons. The first kappa shape index (κ1) is 29.4. The summed E-state index contributed by atoms with van der Waals surface area (Å²) in [5, 5.41) is 22.8. The molecule has 3 atom stereocenters. The fraction of sp³-hybridized carbons (Fsp3) is 0.731. The van der Waals surface area contributed by atoms with E-state index in [1.807, 2.05) is 12.1 Å². The molecule has 3 unspecified atom stereocenters. The van der Waals surface area contributed by atoms with Crippen LogP contribution in [-0.4, -0.2) is 61.0 Å². The second kappa shape index (κ2) is 15.3. The van der Waals surface area contributed by atoms with Crippen molar-refractivity contribution in [2.24, 2.45) is 5.92 Å². The van der Waals surface area contributed by atoms with Gasteiger partial charge in [-0.3, -0.25) is 0 Å². The number of nitrogens with zero attached hydrogens (tertiary/aromatic N) is 1. The third-order valence-electron chi connectivity index (χ3n) is 6.07. The van der Waals surface area contributed by atoms with Gasteiger partial charge in [0.2, 0.25) is 5.60 Å². The molecule has 1 aromatic carbocycles. The van der Waals surface area contributed by atoms with Crippen LogP contribution in [0, 0.1) is 5.92 Å². The standard InChI is InChI=1S/C26H45NO6/c1-7-13-14-20(8-2)19-33-24(29)26(30,25(31-11-5)32-12-6)23(28)21-15-17-22(18-16-21)27(9-3)10-4/h15-18,20,23,25,28,30H,7-14,19H2,1-6H3. The minimum Gasteiger partial charge on any atom is -0.463 e. The molecule has 0 spiro atoms. The Morgan fingerprint density at radius 2 is 1.58 bits per heavy atom. The summed E-state index contributed by atoms with van der Waals surface area (Å²) in [7, 11) is 0. The molecule has 7 heteroatoms.